The molecule has 0 unspecified atom stereocenters. The molecule has 0 bridgehead atoms. The average molecular weight is 397 g/mol. The van der Waals surface area contributed by atoms with Gasteiger partial charge in [0.05, 0.1) is 12.2 Å². The van der Waals surface area contributed by atoms with Crippen molar-refractivity contribution in [1.29, 1.82) is 0 Å². The number of aromatic nitrogens is 2. The van der Waals surface area contributed by atoms with Gasteiger partial charge in [-0.1, -0.05) is 0 Å². The Hall–Kier alpha value is -3.49. The minimum Gasteiger partial charge on any atom is -0.450 e. The van der Waals surface area contributed by atoms with Crippen molar-refractivity contribution in [2.24, 2.45) is 0 Å². The van der Waals surface area contributed by atoms with Crippen molar-refractivity contribution < 1.29 is 19.1 Å². The molecular weight excluding hydrogens is 374 g/mol. The number of carbonyl (C=O) groups excluding carboxylic acids is 3. The molecule has 0 radical (unpaired) electrons. The molecule has 0 saturated carbocycles. The lowest BCUT2D eigenvalue weighted by Crippen LogP contribution is -2.49. The standard InChI is InChI=1S/C20H23N5O4/c1-3-29-20(28)25-10-8-24(9-11-25)19-21-12-16(13-22-19)18(27)23-17-6-4-15(5-7-17)14(2)26/h4-7,12-13H,3,8-11H2,1-2H3,(H,23,27). The molecule has 1 N–H and O–H groups in total. The SMILES string of the molecule is CCOC(=O)N1CCN(c2ncc(C(=O)Nc3ccc(C(C)=O)cc3)cn2)CC1. The van der Waals surface area contributed by atoms with Crippen LogP contribution in [-0.4, -0.2) is 65.4 Å². The van der Waals surface area contributed by atoms with Crippen LogP contribution in [0.3, 0.4) is 0 Å². The summed E-state index contributed by atoms with van der Waals surface area (Å²) in [4.78, 5) is 47.6. The molecule has 3 rings (SSSR count). The van der Waals surface area contributed by atoms with Crippen molar-refractivity contribution in [3.63, 3.8) is 0 Å². The van der Waals surface area contributed by atoms with Gasteiger partial charge in [-0.3, -0.25) is 9.59 Å². The Balaban J connectivity index is 1.56. The van der Waals surface area contributed by atoms with Crippen molar-refractivity contribution in [1.82, 2.24) is 14.9 Å². The molecule has 1 aliphatic heterocycles. The van der Waals surface area contributed by atoms with E-state index in [2.05, 4.69) is 15.3 Å². The van der Waals surface area contributed by atoms with Gasteiger partial charge >= 0.3 is 6.09 Å². The van der Waals surface area contributed by atoms with E-state index in [1.54, 1.807) is 36.1 Å². The summed E-state index contributed by atoms with van der Waals surface area (Å²) in [5.74, 6) is 0.144. The van der Waals surface area contributed by atoms with Crippen LogP contribution in [0, 0.1) is 0 Å². The van der Waals surface area contributed by atoms with E-state index in [0.29, 0.717) is 55.5 Å². The van der Waals surface area contributed by atoms with Gasteiger partial charge in [-0.15, -0.1) is 0 Å². The maximum atomic E-state index is 12.4. The molecule has 1 saturated heterocycles. The van der Waals surface area contributed by atoms with Crippen LogP contribution in [0.2, 0.25) is 0 Å². The first-order valence-corrected chi connectivity index (χ1v) is 9.39. The normalized spacial score (nSPS) is 13.7. The van der Waals surface area contributed by atoms with Gasteiger partial charge in [0.15, 0.2) is 5.78 Å². The quantitative estimate of drug-likeness (QED) is 0.771. The Morgan fingerprint density at radius 3 is 2.17 bits per heavy atom. The molecule has 1 aliphatic rings. The van der Waals surface area contributed by atoms with Gasteiger partial charge in [-0.2, -0.15) is 0 Å². The number of ether oxygens (including phenoxy) is 1. The first-order valence-electron chi connectivity index (χ1n) is 9.39. The third-order valence-electron chi connectivity index (χ3n) is 4.54. The van der Waals surface area contributed by atoms with Gasteiger partial charge in [0.25, 0.3) is 5.91 Å². The van der Waals surface area contributed by atoms with E-state index in [1.165, 1.54) is 19.3 Å². The highest BCUT2D eigenvalue weighted by Crippen LogP contribution is 2.14. The zero-order valence-corrected chi connectivity index (χ0v) is 16.4. The fraction of sp³-hybridized carbons (Fsp3) is 0.350. The Bertz CT molecular complexity index is 875. The number of anilines is 2. The van der Waals surface area contributed by atoms with Crippen LogP contribution in [0.4, 0.5) is 16.4 Å². The molecule has 2 aromatic rings. The molecule has 9 heteroatoms. The van der Waals surface area contributed by atoms with E-state index in [0.717, 1.165) is 0 Å². The number of carbonyl (C=O) groups is 3. The molecule has 0 spiro atoms. The minimum absolute atomic E-state index is 0.0324. The van der Waals surface area contributed by atoms with E-state index < -0.39 is 0 Å². The van der Waals surface area contributed by atoms with Gasteiger partial charge in [-0.25, -0.2) is 14.8 Å². The maximum Gasteiger partial charge on any atom is 0.409 e. The van der Waals surface area contributed by atoms with E-state index >= 15 is 0 Å². The number of nitrogens with zero attached hydrogens (tertiary/aromatic N) is 4. The topological polar surface area (TPSA) is 105 Å². The third kappa shape index (κ3) is 5.07. The van der Waals surface area contributed by atoms with E-state index in [9.17, 15) is 14.4 Å². The number of nitrogens with one attached hydrogen (secondary N) is 1. The molecule has 2 heterocycles. The summed E-state index contributed by atoms with van der Waals surface area (Å²) in [5.41, 5.74) is 1.49. The molecule has 0 atom stereocenters. The van der Waals surface area contributed by atoms with E-state index in [1.807, 2.05) is 4.90 Å². The van der Waals surface area contributed by atoms with Crippen molar-refractivity contribution in [2.75, 3.05) is 43.0 Å². The van der Waals surface area contributed by atoms with Gasteiger partial charge in [-0.05, 0) is 38.1 Å². The van der Waals surface area contributed by atoms with Crippen LogP contribution in [0.15, 0.2) is 36.7 Å². The molecule has 29 heavy (non-hydrogen) atoms. The summed E-state index contributed by atoms with van der Waals surface area (Å²) >= 11 is 0. The lowest BCUT2D eigenvalue weighted by molar-refractivity contribution is 0.101. The number of piperazine rings is 1. The Morgan fingerprint density at radius 2 is 1.62 bits per heavy atom. The van der Waals surface area contributed by atoms with Gasteiger partial charge in [0.2, 0.25) is 5.95 Å². The molecule has 1 aromatic carbocycles. The zero-order valence-electron chi connectivity index (χ0n) is 16.4. The van der Waals surface area contributed by atoms with Crippen molar-refractivity contribution >= 4 is 29.4 Å². The lowest BCUT2D eigenvalue weighted by Gasteiger charge is -2.33. The fourth-order valence-corrected chi connectivity index (χ4v) is 2.90. The highest BCUT2D eigenvalue weighted by molar-refractivity contribution is 6.04. The summed E-state index contributed by atoms with van der Waals surface area (Å²) < 4.78 is 5.01. The first kappa shape index (κ1) is 20.2. The molecule has 1 fully saturated rings. The maximum absolute atomic E-state index is 12.4. The average Bonchev–Trinajstić information content (AvgIpc) is 2.74. The van der Waals surface area contributed by atoms with Crippen molar-refractivity contribution in [3.8, 4) is 0 Å². The monoisotopic (exact) mass is 397 g/mol. The molecule has 1 aromatic heterocycles. The number of hydrogen-bond acceptors (Lipinski definition) is 7. The Morgan fingerprint density at radius 1 is 1.00 bits per heavy atom. The van der Waals surface area contributed by atoms with Gasteiger partial charge < -0.3 is 19.9 Å². The number of Topliss-reactive ketones (excluding diaryl/α,β-unsaturated/α-hetero) is 1. The molecule has 0 aliphatic carbocycles. The summed E-state index contributed by atoms with van der Waals surface area (Å²) in [6.45, 7) is 5.86. The predicted octanol–water partition coefficient (Wildman–Crippen LogP) is 2.21. The highest BCUT2D eigenvalue weighted by Gasteiger charge is 2.23. The Kier molecular flexibility index (Phi) is 6.38. The number of rotatable bonds is 5. The second-order valence-electron chi connectivity index (χ2n) is 6.53. The molecule has 9 nitrogen and oxygen atoms in total. The smallest absolute Gasteiger partial charge is 0.409 e. The van der Waals surface area contributed by atoms with Crippen molar-refractivity contribution in [3.05, 3.63) is 47.8 Å². The van der Waals surface area contributed by atoms with Crippen LogP contribution in [0.25, 0.3) is 0 Å². The highest BCUT2D eigenvalue weighted by atomic mass is 16.6. The predicted molar refractivity (Wildman–Crippen MR) is 107 cm³/mol. The summed E-state index contributed by atoms with van der Waals surface area (Å²) in [6.07, 6.45) is 2.63. The van der Waals surface area contributed by atoms with Crippen LogP contribution < -0.4 is 10.2 Å². The van der Waals surface area contributed by atoms with Gasteiger partial charge in [0.1, 0.15) is 0 Å². The van der Waals surface area contributed by atoms with E-state index in [4.69, 9.17) is 4.74 Å². The molecular formula is C20H23N5O4. The Labute approximate surface area is 168 Å². The second-order valence-corrected chi connectivity index (χ2v) is 6.53. The summed E-state index contributed by atoms with van der Waals surface area (Å²) in [6, 6.07) is 6.67. The minimum atomic E-state index is -0.334. The first-order chi connectivity index (χ1) is 14.0. The van der Waals surface area contributed by atoms with Gasteiger partial charge in [0, 0.05) is 49.8 Å². The second kappa shape index (κ2) is 9.13. The van der Waals surface area contributed by atoms with E-state index in [-0.39, 0.29) is 17.8 Å². The van der Waals surface area contributed by atoms with Crippen LogP contribution in [0.1, 0.15) is 34.6 Å². The summed E-state index contributed by atoms with van der Waals surface area (Å²) in [5, 5.41) is 2.75. The lowest BCUT2D eigenvalue weighted by atomic mass is 10.1. The largest absolute Gasteiger partial charge is 0.450 e. The summed E-state index contributed by atoms with van der Waals surface area (Å²) in [7, 11) is 0. The third-order valence-corrected chi connectivity index (χ3v) is 4.54. The zero-order chi connectivity index (χ0) is 20.8. The molecule has 152 valence electrons. The van der Waals surface area contributed by atoms with Crippen LogP contribution in [-0.2, 0) is 4.74 Å². The molecule has 2 amide bonds. The van der Waals surface area contributed by atoms with Crippen LogP contribution in [0.5, 0.6) is 0 Å². The number of hydrogen-bond donors (Lipinski definition) is 1. The fourth-order valence-electron chi connectivity index (χ4n) is 2.90. The van der Waals surface area contributed by atoms with Crippen molar-refractivity contribution in [2.45, 2.75) is 13.8 Å². The van der Waals surface area contributed by atoms with Crippen LogP contribution >= 0.6 is 0 Å². The number of benzene rings is 1. The number of amides is 2. The number of ketones is 1.